The van der Waals surface area contributed by atoms with E-state index in [2.05, 4.69) is 4.98 Å². The highest BCUT2D eigenvalue weighted by Crippen LogP contribution is 2.31. The van der Waals surface area contributed by atoms with Crippen molar-refractivity contribution in [2.75, 3.05) is 5.73 Å². The van der Waals surface area contributed by atoms with Gasteiger partial charge in [-0.3, -0.25) is 9.78 Å². The van der Waals surface area contributed by atoms with Gasteiger partial charge in [0.15, 0.2) is 0 Å². The molecule has 0 radical (unpaired) electrons. The Labute approximate surface area is 116 Å². The molecule has 0 aliphatic rings. The monoisotopic (exact) mass is 274 g/mol. The van der Waals surface area contributed by atoms with E-state index in [1.54, 1.807) is 24.5 Å². The van der Waals surface area contributed by atoms with Gasteiger partial charge in [-0.25, -0.2) is 4.39 Å². The van der Waals surface area contributed by atoms with E-state index in [0.29, 0.717) is 0 Å². The SMILES string of the molecule is CC(Cc1ccncc1)(C(=O)O)c1ccc(N)cc1F. The van der Waals surface area contributed by atoms with E-state index < -0.39 is 17.2 Å². The molecule has 0 saturated heterocycles. The molecule has 0 aliphatic heterocycles. The number of carboxylic acids is 1. The number of anilines is 1. The molecule has 0 fully saturated rings. The molecule has 5 heteroatoms. The molecule has 2 rings (SSSR count). The quantitative estimate of drug-likeness (QED) is 0.839. The third kappa shape index (κ3) is 2.61. The number of halogens is 1. The average Bonchev–Trinajstić information content (AvgIpc) is 2.39. The van der Waals surface area contributed by atoms with Crippen LogP contribution in [0.3, 0.4) is 0 Å². The normalized spacial score (nSPS) is 13.7. The molecular weight excluding hydrogens is 259 g/mol. The number of rotatable bonds is 4. The minimum Gasteiger partial charge on any atom is -0.481 e. The molecule has 4 nitrogen and oxygen atoms in total. The van der Waals surface area contributed by atoms with Crippen LogP contribution in [0, 0.1) is 5.82 Å². The number of nitrogen functional groups attached to an aromatic ring is 1. The van der Waals surface area contributed by atoms with Crippen LogP contribution >= 0.6 is 0 Å². The smallest absolute Gasteiger partial charge is 0.314 e. The number of hydrogen-bond donors (Lipinski definition) is 2. The van der Waals surface area contributed by atoms with Gasteiger partial charge in [-0.15, -0.1) is 0 Å². The summed E-state index contributed by atoms with van der Waals surface area (Å²) in [4.78, 5) is 15.5. The molecule has 104 valence electrons. The minimum absolute atomic E-state index is 0.121. The van der Waals surface area contributed by atoms with Crippen molar-refractivity contribution in [3.05, 3.63) is 59.7 Å². The molecule has 0 aliphatic carbocycles. The summed E-state index contributed by atoms with van der Waals surface area (Å²) < 4.78 is 14.1. The zero-order valence-corrected chi connectivity index (χ0v) is 11.0. The molecule has 0 saturated carbocycles. The average molecular weight is 274 g/mol. The summed E-state index contributed by atoms with van der Waals surface area (Å²) >= 11 is 0. The summed E-state index contributed by atoms with van der Waals surface area (Å²) in [5.74, 6) is -1.69. The Hall–Kier alpha value is -2.43. The number of carboxylic acid groups (broad SMARTS) is 1. The molecule has 0 bridgehead atoms. The van der Waals surface area contributed by atoms with Crippen LogP contribution in [0.15, 0.2) is 42.7 Å². The van der Waals surface area contributed by atoms with Crippen LogP contribution in [0.1, 0.15) is 18.1 Å². The number of pyridine rings is 1. The fourth-order valence-electron chi connectivity index (χ4n) is 2.17. The highest BCUT2D eigenvalue weighted by atomic mass is 19.1. The van der Waals surface area contributed by atoms with Crippen molar-refractivity contribution < 1.29 is 14.3 Å². The number of carbonyl (C=O) groups is 1. The third-order valence-corrected chi connectivity index (χ3v) is 3.37. The first-order chi connectivity index (χ1) is 9.43. The minimum atomic E-state index is -1.36. The van der Waals surface area contributed by atoms with E-state index in [0.717, 1.165) is 11.6 Å². The second-order valence-corrected chi connectivity index (χ2v) is 4.91. The van der Waals surface area contributed by atoms with Gasteiger partial charge < -0.3 is 10.8 Å². The number of hydrogen-bond acceptors (Lipinski definition) is 3. The molecule has 1 aromatic carbocycles. The van der Waals surface area contributed by atoms with Gasteiger partial charge in [-0.05, 0) is 43.2 Å². The van der Waals surface area contributed by atoms with Gasteiger partial charge >= 0.3 is 5.97 Å². The lowest BCUT2D eigenvalue weighted by atomic mass is 9.77. The van der Waals surface area contributed by atoms with Gasteiger partial charge in [0.05, 0.1) is 5.41 Å². The second-order valence-electron chi connectivity index (χ2n) is 4.91. The lowest BCUT2D eigenvalue weighted by molar-refractivity contribution is -0.143. The summed E-state index contributed by atoms with van der Waals surface area (Å²) in [6.45, 7) is 1.50. The summed E-state index contributed by atoms with van der Waals surface area (Å²) in [5.41, 5.74) is 5.31. The Kier molecular flexibility index (Phi) is 3.70. The fraction of sp³-hybridized carbons (Fsp3) is 0.200. The van der Waals surface area contributed by atoms with Crippen LogP contribution in [-0.4, -0.2) is 16.1 Å². The van der Waals surface area contributed by atoms with Crippen LogP contribution in [-0.2, 0) is 16.6 Å². The van der Waals surface area contributed by atoms with E-state index >= 15 is 0 Å². The topological polar surface area (TPSA) is 76.2 Å². The molecule has 1 aromatic heterocycles. The standard InChI is InChI=1S/C15H15FN2O2/c1-15(14(19)20,9-10-4-6-18-7-5-10)12-3-2-11(17)8-13(12)16/h2-8H,9,17H2,1H3,(H,19,20). The predicted octanol–water partition coefficient (Wildman–Crippen LogP) is 2.39. The van der Waals surface area contributed by atoms with Crippen molar-refractivity contribution in [1.82, 2.24) is 4.98 Å². The van der Waals surface area contributed by atoms with Gasteiger partial charge in [0, 0.05) is 23.6 Å². The van der Waals surface area contributed by atoms with E-state index in [4.69, 9.17) is 5.73 Å². The predicted molar refractivity (Wildman–Crippen MR) is 73.7 cm³/mol. The summed E-state index contributed by atoms with van der Waals surface area (Å²) in [5, 5.41) is 9.53. The Morgan fingerprint density at radius 3 is 2.55 bits per heavy atom. The van der Waals surface area contributed by atoms with Gasteiger partial charge in [-0.1, -0.05) is 6.07 Å². The molecule has 2 aromatic rings. The van der Waals surface area contributed by atoms with Crippen molar-refractivity contribution in [2.45, 2.75) is 18.8 Å². The van der Waals surface area contributed by atoms with Gasteiger partial charge in [0.25, 0.3) is 0 Å². The number of nitrogens with two attached hydrogens (primary N) is 1. The summed E-state index contributed by atoms with van der Waals surface area (Å²) in [6.07, 6.45) is 3.33. The molecule has 0 amide bonds. The van der Waals surface area contributed by atoms with E-state index in [1.165, 1.54) is 19.1 Å². The Bertz CT molecular complexity index is 631. The fourth-order valence-corrected chi connectivity index (χ4v) is 2.17. The lowest BCUT2D eigenvalue weighted by Gasteiger charge is -2.26. The van der Waals surface area contributed by atoms with Gasteiger partial charge in [0.1, 0.15) is 5.82 Å². The Balaban J connectivity index is 2.47. The maximum atomic E-state index is 14.1. The van der Waals surface area contributed by atoms with E-state index in [-0.39, 0.29) is 17.7 Å². The number of aliphatic carboxylic acids is 1. The van der Waals surface area contributed by atoms with Crippen LogP contribution in [0.5, 0.6) is 0 Å². The number of benzene rings is 1. The largest absolute Gasteiger partial charge is 0.481 e. The number of aromatic nitrogens is 1. The highest BCUT2D eigenvalue weighted by molar-refractivity contribution is 5.81. The molecule has 0 spiro atoms. The van der Waals surface area contributed by atoms with Crippen LogP contribution in [0.25, 0.3) is 0 Å². The summed E-state index contributed by atoms with van der Waals surface area (Å²) in [6, 6.07) is 7.52. The van der Waals surface area contributed by atoms with Gasteiger partial charge in [0.2, 0.25) is 0 Å². The van der Waals surface area contributed by atoms with Crippen LogP contribution < -0.4 is 5.73 Å². The summed E-state index contributed by atoms with van der Waals surface area (Å²) in [7, 11) is 0. The number of nitrogens with zero attached hydrogens (tertiary/aromatic N) is 1. The molecular formula is C15H15FN2O2. The van der Waals surface area contributed by atoms with Crippen molar-refractivity contribution in [3.8, 4) is 0 Å². The molecule has 1 heterocycles. The highest BCUT2D eigenvalue weighted by Gasteiger charge is 2.37. The van der Waals surface area contributed by atoms with Crippen molar-refractivity contribution in [3.63, 3.8) is 0 Å². The molecule has 1 unspecified atom stereocenters. The third-order valence-electron chi connectivity index (χ3n) is 3.37. The molecule has 1 atom stereocenters. The zero-order chi connectivity index (χ0) is 14.8. The maximum Gasteiger partial charge on any atom is 0.314 e. The van der Waals surface area contributed by atoms with Gasteiger partial charge in [-0.2, -0.15) is 0 Å². The van der Waals surface area contributed by atoms with Crippen molar-refractivity contribution in [2.24, 2.45) is 0 Å². The van der Waals surface area contributed by atoms with Crippen molar-refractivity contribution >= 4 is 11.7 Å². The zero-order valence-electron chi connectivity index (χ0n) is 11.0. The molecule has 20 heavy (non-hydrogen) atoms. The molecule has 3 N–H and O–H groups in total. The van der Waals surface area contributed by atoms with Crippen LogP contribution in [0.4, 0.5) is 10.1 Å². The Morgan fingerprint density at radius 2 is 2.00 bits per heavy atom. The second kappa shape index (κ2) is 5.28. The van der Waals surface area contributed by atoms with Crippen molar-refractivity contribution in [1.29, 1.82) is 0 Å². The first-order valence-corrected chi connectivity index (χ1v) is 6.11. The first kappa shape index (κ1) is 14.0. The van der Waals surface area contributed by atoms with Crippen LogP contribution in [0.2, 0.25) is 0 Å². The first-order valence-electron chi connectivity index (χ1n) is 6.11. The van der Waals surface area contributed by atoms with E-state index in [9.17, 15) is 14.3 Å². The van der Waals surface area contributed by atoms with E-state index in [1.807, 2.05) is 0 Å². The lowest BCUT2D eigenvalue weighted by Crippen LogP contribution is -2.35. The maximum absolute atomic E-state index is 14.1. The Morgan fingerprint density at radius 1 is 1.35 bits per heavy atom.